The Bertz CT molecular complexity index is 707. The van der Waals surface area contributed by atoms with E-state index in [1.807, 2.05) is 29.2 Å². The van der Waals surface area contributed by atoms with E-state index in [-0.39, 0.29) is 0 Å². The van der Waals surface area contributed by atoms with Gasteiger partial charge in [0.25, 0.3) is 0 Å². The maximum atomic E-state index is 6.00. The fraction of sp³-hybridized carbons (Fsp3) is 0.545. The minimum atomic E-state index is 0.482. The maximum Gasteiger partial charge on any atom is 0.191 e. The van der Waals surface area contributed by atoms with Crippen molar-refractivity contribution in [2.45, 2.75) is 58.1 Å². The Balaban J connectivity index is 1.48. The van der Waals surface area contributed by atoms with Crippen LogP contribution >= 0.6 is 0 Å². The quantitative estimate of drug-likeness (QED) is 0.394. The summed E-state index contributed by atoms with van der Waals surface area (Å²) in [7, 11) is 0. The Hall–Kier alpha value is -2.34. The fourth-order valence-electron chi connectivity index (χ4n) is 3.56. The van der Waals surface area contributed by atoms with E-state index >= 15 is 0 Å². The smallest absolute Gasteiger partial charge is 0.191 e. The van der Waals surface area contributed by atoms with Gasteiger partial charge in [-0.3, -0.25) is 0 Å². The number of nitrogens with one attached hydrogen (secondary N) is 2. The zero-order valence-corrected chi connectivity index (χ0v) is 16.9. The molecule has 2 aromatic rings. The Morgan fingerprint density at radius 2 is 2.07 bits per heavy atom. The summed E-state index contributed by atoms with van der Waals surface area (Å²) in [5, 5.41) is 6.75. The zero-order chi connectivity index (χ0) is 19.4. The Labute approximate surface area is 168 Å². The molecule has 1 fully saturated rings. The van der Waals surface area contributed by atoms with Crippen molar-refractivity contribution < 1.29 is 4.74 Å². The molecule has 0 unspecified atom stereocenters. The molecule has 0 radical (unpaired) electrons. The minimum absolute atomic E-state index is 0.482. The predicted octanol–water partition coefficient (Wildman–Crippen LogP) is 3.67. The van der Waals surface area contributed by atoms with Crippen LogP contribution in [-0.2, 0) is 11.3 Å². The summed E-state index contributed by atoms with van der Waals surface area (Å²) < 4.78 is 8.02. The second-order valence-electron chi connectivity index (χ2n) is 7.20. The molecule has 28 heavy (non-hydrogen) atoms. The number of hydrogen-bond donors (Lipinski definition) is 2. The average molecular weight is 384 g/mol. The highest BCUT2D eigenvalue weighted by molar-refractivity contribution is 5.79. The highest BCUT2D eigenvalue weighted by atomic mass is 16.5. The second-order valence-corrected chi connectivity index (χ2v) is 7.20. The van der Waals surface area contributed by atoms with Crippen molar-refractivity contribution in [2.75, 3.05) is 19.7 Å². The standard InChI is InChI=1S/C22H33N5O/c1-2-24-22(25-13-8-16-28-20-10-4-3-5-11-20)26-17-19-9-6-7-12-21(19)27-15-14-23-18-27/h6-7,9,12,14-15,18,20H,2-5,8,10-11,13,16-17H2,1H3,(H2,24,25,26). The van der Waals surface area contributed by atoms with Gasteiger partial charge in [-0.1, -0.05) is 37.5 Å². The van der Waals surface area contributed by atoms with E-state index in [0.717, 1.165) is 37.8 Å². The minimum Gasteiger partial charge on any atom is -0.378 e. The van der Waals surface area contributed by atoms with Crippen LogP contribution in [0, 0.1) is 0 Å². The monoisotopic (exact) mass is 383 g/mol. The summed E-state index contributed by atoms with van der Waals surface area (Å²) in [6.07, 6.45) is 13.5. The Kier molecular flexibility index (Phi) is 8.37. The lowest BCUT2D eigenvalue weighted by Gasteiger charge is -2.22. The summed E-state index contributed by atoms with van der Waals surface area (Å²) in [5.74, 6) is 0.848. The molecule has 1 aromatic heterocycles. The third-order valence-electron chi connectivity index (χ3n) is 5.05. The Morgan fingerprint density at radius 1 is 1.21 bits per heavy atom. The molecule has 1 aromatic carbocycles. The van der Waals surface area contributed by atoms with Gasteiger partial charge in [-0.2, -0.15) is 0 Å². The van der Waals surface area contributed by atoms with Gasteiger partial charge in [0, 0.05) is 32.1 Å². The Morgan fingerprint density at radius 3 is 2.86 bits per heavy atom. The highest BCUT2D eigenvalue weighted by Gasteiger charge is 2.13. The van der Waals surface area contributed by atoms with Crippen LogP contribution in [0.1, 0.15) is 51.0 Å². The van der Waals surface area contributed by atoms with Crippen molar-refractivity contribution in [3.8, 4) is 5.69 Å². The number of para-hydroxylation sites is 1. The third kappa shape index (κ3) is 6.37. The average Bonchev–Trinajstić information content (AvgIpc) is 3.27. The van der Waals surface area contributed by atoms with E-state index in [1.165, 1.54) is 37.7 Å². The molecule has 6 heteroatoms. The molecule has 0 bridgehead atoms. The van der Waals surface area contributed by atoms with Gasteiger partial charge in [0.1, 0.15) is 0 Å². The number of hydrogen-bond acceptors (Lipinski definition) is 3. The van der Waals surface area contributed by atoms with E-state index in [2.05, 4.69) is 34.7 Å². The second kappa shape index (κ2) is 11.5. The van der Waals surface area contributed by atoms with Crippen LogP contribution in [0.3, 0.4) is 0 Å². The molecular weight excluding hydrogens is 350 g/mol. The number of imidazole rings is 1. The predicted molar refractivity (Wildman–Crippen MR) is 114 cm³/mol. The summed E-state index contributed by atoms with van der Waals surface area (Å²) in [6.45, 7) is 5.22. The van der Waals surface area contributed by atoms with Crippen molar-refractivity contribution in [2.24, 2.45) is 4.99 Å². The summed E-state index contributed by atoms with van der Waals surface area (Å²) >= 11 is 0. The fourth-order valence-corrected chi connectivity index (χ4v) is 3.56. The zero-order valence-electron chi connectivity index (χ0n) is 16.9. The lowest BCUT2D eigenvalue weighted by Crippen LogP contribution is -2.38. The van der Waals surface area contributed by atoms with E-state index in [4.69, 9.17) is 9.73 Å². The van der Waals surface area contributed by atoms with Gasteiger partial charge in [0.05, 0.1) is 24.7 Å². The molecule has 0 atom stereocenters. The maximum absolute atomic E-state index is 6.00. The molecule has 1 saturated carbocycles. The van der Waals surface area contributed by atoms with Crippen LogP contribution in [0.15, 0.2) is 48.0 Å². The van der Waals surface area contributed by atoms with Crippen LogP contribution < -0.4 is 10.6 Å². The molecule has 1 aliphatic carbocycles. The van der Waals surface area contributed by atoms with E-state index in [1.54, 1.807) is 6.20 Å². The van der Waals surface area contributed by atoms with Crippen molar-refractivity contribution >= 4 is 5.96 Å². The van der Waals surface area contributed by atoms with E-state index in [0.29, 0.717) is 12.6 Å². The molecule has 1 heterocycles. The van der Waals surface area contributed by atoms with Crippen LogP contribution in [-0.4, -0.2) is 41.3 Å². The molecule has 0 spiro atoms. The first-order chi connectivity index (χ1) is 13.9. The highest BCUT2D eigenvalue weighted by Crippen LogP contribution is 2.20. The number of ether oxygens (including phenoxy) is 1. The van der Waals surface area contributed by atoms with Gasteiger partial charge in [-0.25, -0.2) is 9.98 Å². The van der Waals surface area contributed by atoms with Crippen molar-refractivity contribution in [3.05, 3.63) is 48.5 Å². The molecule has 2 N–H and O–H groups in total. The van der Waals surface area contributed by atoms with Crippen LogP contribution in [0.25, 0.3) is 5.69 Å². The van der Waals surface area contributed by atoms with Crippen LogP contribution in [0.5, 0.6) is 0 Å². The van der Waals surface area contributed by atoms with Crippen LogP contribution in [0.2, 0.25) is 0 Å². The summed E-state index contributed by atoms with van der Waals surface area (Å²) in [5.41, 5.74) is 2.28. The van der Waals surface area contributed by atoms with Gasteiger partial charge in [0.15, 0.2) is 5.96 Å². The first-order valence-corrected chi connectivity index (χ1v) is 10.6. The number of benzene rings is 1. The van der Waals surface area contributed by atoms with Gasteiger partial charge in [-0.15, -0.1) is 0 Å². The normalized spacial score (nSPS) is 15.5. The SMILES string of the molecule is CCNC(=NCc1ccccc1-n1ccnc1)NCCCOC1CCCCC1. The molecule has 152 valence electrons. The van der Waals surface area contributed by atoms with Crippen molar-refractivity contribution in [1.82, 2.24) is 20.2 Å². The van der Waals surface area contributed by atoms with Crippen LogP contribution in [0.4, 0.5) is 0 Å². The largest absolute Gasteiger partial charge is 0.378 e. The summed E-state index contributed by atoms with van der Waals surface area (Å²) in [6, 6.07) is 8.29. The lowest BCUT2D eigenvalue weighted by molar-refractivity contribution is 0.0277. The van der Waals surface area contributed by atoms with Crippen molar-refractivity contribution in [3.63, 3.8) is 0 Å². The molecule has 0 saturated heterocycles. The van der Waals surface area contributed by atoms with E-state index < -0.39 is 0 Å². The number of nitrogens with zero attached hydrogens (tertiary/aromatic N) is 3. The van der Waals surface area contributed by atoms with Crippen molar-refractivity contribution in [1.29, 1.82) is 0 Å². The van der Waals surface area contributed by atoms with E-state index in [9.17, 15) is 0 Å². The molecule has 1 aliphatic rings. The molecule has 0 aliphatic heterocycles. The first-order valence-electron chi connectivity index (χ1n) is 10.6. The molecule has 6 nitrogen and oxygen atoms in total. The number of rotatable bonds is 9. The molecule has 0 amide bonds. The first kappa shape index (κ1) is 20.4. The summed E-state index contributed by atoms with van der Waals surface area (Å²) in [4.78, 5) is 8.91. The van der Waals surface area contributed by atoms with Gasteiger partial charge < -0.3 is 19.9 Å². The number of aliphatic imine (C=N–C) groups is 1. The topological polar surface area (TPSA) is 63.5 Å². The lowest BCUT2D eigenvalue weighted by atomic mass is 9.98. The van der Waals surface area contributed by atoms with Gasteiger partial charge >= 0.3 is 0 Å². The molecular formula is C22H33N5O. The van der Waals surface area contributed by atoms with Gasteiger partial charge in [0.2, 0.25) is 0 Å². The number of aromatic nitrogens is 2. The van der Waals surface area contributed by atoms with Gasteiger partial charge in [-0.05, 0) is 37.8 Å². The third-order valence-corrected chi connectivity index (χ3v) is 5.05. The molecule has 3 rings (SSSR count). The number of guanidine groups is 1.